The molecule has 0 aliphatic carbocycles. The minimum absolute atomic E-state index is 0.114. The lowest BCUT2D eigenvalue weighted by atomic mass is 9.99. The Morgan fingerprint density at radius 3 is 1.84 bits per heavy atom. The number of H-pyrrole nitrogens is 2. The van der Waals surface area contributed by atoms with Gasteiger partial charge in [-0.1, -0.05) is 0 Å². The molecule has 2 aliphatic heterocycles. The summed E-state index contributed by atoms with van der Waals surface area (Å²) in [5, 5.41) is 21.6. The van der Waals surface area contributed by atoms with E-state index in [9.17, 15) is 19.8 Å². The molecule has 44 heavy (non-hydrogen) atoms. The molecule has 230 valence electrons. The van der Waals surface area contributed by atoms with E-state index in [0.717, 1.165) is 78.0 Å². The molecule has 4 N–H and O–H groups in total. The monoisotopic (exact) mass is 594 g/mol. The number of nitrogens with zero attached hydrogens (tertiary/aromatic N) is 2. The van der Waals surface area contributed by atoms with E-state index in [0.29, 0.717) is 37.1 Å². The van der Waals surface area contributed by atoms with Gasteiger partial charge in [0.2, 0.25) is 0 Å². The first-order chi connectivity index (χ1) is 20.8. The number of ketones is 2. The molecule has 8 nitrogen and oxygen atoms in total. The second-order valence-electron chi connectivity index (χ2n) is 12.3. The number of hydrogen-bond acceptors (Lipinski definition) is 6. The molecule has 3 aromatic rings. The van der Waals surface area contributed by atoms with Crippen LogP contribution in [-0.4, -0.2) is 47.8 Å². The Morgan fingerprint density at radius 1 is 0.682 bits per heavy atom. The van der Waals surface area contributed by atoms with E-state index in [-0.39, 0.29) is 11.6 Å². The number of aliphatic hydroxyl groups is 2. The van der Waals surface area contributed by atoms with E-state index in [4.69, 9.17) is 9.97 Å². The standard InChI is InChI=1S/C36H42N4O4/c1-17(41)9-11-25-19(3)27-13-29-21(5)35(23(7)43)34(39-29)15-30-22(6)36(24(8)44)33(40-30)14-28-20(4)26(12-10-18(2)42)32(38-28)16-31(25)37-27/h13-16,23-24,38-39,43-44H,9-12H2,1-8H3. The fourth-order valence-electron chi connectivity index (χ4n) is 6.45. The van der Waals surface area contributed by atoms with Gasteiger partial charge in [-0.15, -0.1) is 0 Å². The molecule has 0 saturated heterocycles. The van der Waals surface area contributed by atoms with Crippen molar-refractivity contribution in [2.75, 3.05) is 0 Å². The van der Waals surface area contributed by atoms with Crippen molar-refractivity contribution in [1.29, 1.82) is 0 Å². The van der Waals surface area contributed by atoms with Crippen molar-refractivity contribution < 1.29 is 19.8 Å². The van der Waals surface area contributed by atoms with Gasteiger partial charge in [0, 0.05) is 46.0 Å². The number of fused-ring (bicyclic) bond motifs is 8. The summed E-state index contributed by atoms with van der Waals surface area (Å²) in [5.41, 5.74) is 13.5. The summed E-state index contributed by atoms with van der Waals surface area (Å²) >= 11 is 0. The van der Waals surface area contributed by atoms with Crippen LogP contribution in [0.4, 0.5) is 0 Å². The lowest BCUT2D eigenvalue weighted by Crippen LogP contribution is -2.02. The maximum atomic E-state index is 12.0. The maximum absolute atomic E-state index is 12.0. The Morgan fingerprint density at radius 2 is 1.20 bits per heavy atom. The lowest BCUT2D eigenvalue weighted by molar-refractivity contribution is -0.117. The fraction of sp³-hybridized carbons (Fsp3) is 0.389. The van der Waals surface area contributed by atoms with Crippen LogP contribution in [0.2, 0.25) is 0 Å². The summed E-state index contributed by atoms with van der Waals surface area (Å²) in [5.74, 6) is 0.228. The van der Waals surface area contributed by atoms with Crippen LogP contribution in [0, 0.1) is 13.8 Å². The summed E-state index contributed by atoms with van der Waals surface area (Å²) in [6.07, 6.45) is 0.478. The number of aliphatic hydroxyl groups excluding tert-OH is 2. The minimum Gasteiger partial charge on any atom is -0.389 e. The van der Waals surface area contributed by atoms with Crippen LogP contribution in [0.5, 0.6) is 0 Å². The fourth-order valence-corrected chi connectivity index (χ4v) is 6.45. The van der Waals surface area contributed by atoms with Gasteiger partial charge in [-0.25, -0.2) is 9.97 Å². The molecule has 8 bridgehead atoms. The second kappa shape index (κ2) is 12.1. The topological polar surface area (TPSA) is 132 Å². The van der Waals surface area contributed by atoms with Crippen molar-refractivity contribution in [1.82, 2.24) is 19.9 Å². The second-order valence-corrected chi connectivity index (χ2v) is 12.3. The van der Waals surface area contributed by atoms with E-state index in [1.165, 1.54) is 0 Å². The Hall–Kier alpha value is -4.14. The number of hydrogen-bond donors (Lipinski definition) is 4. The molecule has 3 aromatic heterocycles. The van der Waals surface area contributed by atoms with Crippen LogP contribution in [0.15, 0.2) is 24.3 Å². The van der Waals surface area contributed by atoms with Crippen molar-refractivity contribution in [3.63, 3.8) is 0 Å². The first-order valence-corrected chi connectivity index (χ1v) is 15.3. The lowest BCUT2D eigenvalue weighted by Gasteiger charge is -2.07. The molecular weight excluding hydrogens is 552 g/mol. The van der Waals surface area contributed by atoms with Gasteiger partial charge in [0.15, 0.2) is 0 Å². The van der Waals surface area contributed by atoms with E-state index in [2.05, 4.69) is 9.97 Å². The maximum Gasteiger partial charge on any atom is 0.130 e. The molecule has 0 saturated carbocycles. The van der Waals surface area contributed by atoms with Crippen LogP contribution < -0.4 is 0 Å². The van der Waals surface area contributed by atoms with Gasteiger partial charge in [0.25, 0.3) is 0 Å². The van der Waals surface area contributed by atoms with E-state index < -0.39 is 12.2 Å². The largest absolute Gasteiger partial charge is 0.389 e. The number of nitrogens with one attached hydrogen (secondary N) is 2. The van der Waals surface area contributed by atoms with Crippen LogP contribution in [-0.2, 0) is 16.0 Å². The Labute approximate surface area is 258 Å². The number of allylic oxidation sites excluding steroid dienone is 3. The molecule has 2 unspecified atom stereocenters. The molecule has 5 heterocycles. The van der Waals surface area contributed by atoms with Gasteiger partial charge in [-0.3, -0.25) is 0 Å². The number of aryl methyl sites for hydroxylation is 3. The van der Waals surface area contributed by atoms with Crippen molar-refractivity contribution in [2.45, 2.75) is 93.3 Å². The highest BCUT2D eigenvalue weighted by Gasteiger charge is 2.23. The van der Waals surface area contributed by atoms with Gasteiger partial charge in [0.1, 0.15) is 11.6 Å². The zero-order valence-corrected chi connectivity index (χ0v) is 26.9. The SMILES string of the molecule is CC(=O)CCC1=C(C)c2cc3[nH]c(cc4nc(cc5[nH]c(cc1n2)c(CCC(C)=O)c5C)C(C(C)O)=C4C)c(C(C)O)c3C. The summed E-state index contributed by atoms with van der Waals surface area (Å²) in [4.78, 5) is 41.2. The average Bonchev–Trinajstić information content (AvgIpc) is 3.59. The van der Waals surface area contributed by atoms with Gasteiger partial charge in [-0.05, 0) is 126 Å². The molecule has 0 radical (unpaired) electrons. The Kier molecular flexibility index (Phi) is 8.60. The first-order valence-electron chi connectivity index (χ1n) is 15.3. The third-order valence-electron chi connectivity index (χ3n) is 8.92. The summed E-state index contributed by atoms with van der Waals surface area (Å²) in [6, 6.07) is 7.92. The highest BCUT2D eigenvalue weighted by Crippen LogP contribution is 2.37. The summed E-state index contributed by atoms with van der Waals surface area (Å²) in [7, 11) is 0. The van der Waals surface area contributed by atoms with Gasteiger partial charge in [0.05, 0.1) is 35.0 Å². The van der Waals surface area contributed by atoms with Crippen molar-refractivity contribution in [3.05, 3.63) is 69.3 Å². The van der Waals surface area contributed by atoms with Crippen molar-refractivity contribution in [3.8, 4) is 0 Å². The minimum atomic E-state index is -0.750. The smallest absolute Gasteiger partial charge is 0.130 e. The number of carbonyl (C=O) groups excluding carboxylic acids is 2. The zero-order valence-electron chi connectivity index (χ0n) is 26.9. The third-order valence-corrected chi connectivity index (χ3v) is 8.92. The van der Waals surface area contributed by atoms with Crippen LogP contribution in [0.3, 0.4) is 0 Å². The van der Waals surface area contributed by atoms with Gasteiger partial charge >= 0.3 is 0 Å². The summed E-state index contributed by atoms with van der Waals surface area (Å²) < 4.78 is 0. The predicted octanol–water partition coefficient (Wildman–Crippen LogP) is 7.12. The Balaban J connectivity index is 1.95. The normalized spacial score (nSPS) is 14.8. The van der Waals surface area contributed by atoms with Gasteiger partial charge in [-0.2, -0.15) is 0 Å². The van der Waals surface area contributed by atoms with E-state index in [1.54, 1.807) is 27.7 Å². The third kappa shape index (κ3) is 5.84. The molecule has 0 amide bonds. The quantitative estimate of drug-likeness (QED) is 0.220. The highest BCUT2D eigenvalue weighted by molar-refractivity contribution is 5.96. The van der Waals surface area contributed by atoms with Crippen molar-refractivity contribution >= 4 is 55.9 Å². The highest BCUT2D eigenvalue weighted by atomic mass is 16.3. The van der Waals surface area contributed by atoms with E-state index in [1.807, 2.05) is 52.0 Å². The number of aromatic amines is 2. The van der Waals surface area contributed by atoms with Crippen molar-refractivity contribution in [2.24, 2.45) is 0 Å². The number of Topliss-reactive ketones (excluding diaryl/α,β-unsaturated/α-hetero) is 2. The molecule has 8 heteroatoms. The molecule has 2 aliphatic rings. The zero-order chi connectivity index (χ0) is 32.0. The molecule has 2 atom stereocenters. The van der Waals surface area contributed by atoms with Crippen LogP contribution >= 0.6 is 0 Å². The molecule has 0 aromatic carbocycles. The first kappa shape index (κ1) is 31.3. The number of carbonyl (C=O) groups is 2. The molecule has 0 fully saturated rings. The van der Waals surface area contributed by atoms with E-state index >= 15 is 0 Å². The number of rotatable bonds is 8. The number of aromatic nitrogens is 4. The molecular formula is C36H42N4O4. The molecule has 5 rings (SSSR count). The van der Waals surface area contributed by atoms with Crippen LogP contribution in [0.1, 0.15) is 112 Å². The van der Waals surface area contributed by atoms with Crippen LogP contribution in [0.25, 0.3) is 44.4 Å². The Bertz CT molecular complexity index is 1920. The predicted molar refractivity (Wildman–Crippen MR) is 177 cm³/mol. The molecule has 0 spiro atoms. The summed E-state index contributed by atoms with van der Waals surface area (Å²) in [6.45, 7) is 14.7. The van der Waals surface area contributed by atoms with Gasteiger partial charge < -0.3 is 29.8 Å². The average molecular weight is 595 g/mol.